The number of ether oxygens (including phenoxy) is 1. The summed E-state index contributed by atoms with van der Waals surface area (Å²) in [5.74, 6) is 0.618. The molecule has 0 atom stereocenters. The standard InChI is InChI=1S/C17H21NO4S/c1-13-11-16(22-3)12-14(2)17(13)23(20,21)18(9-10-19)15-7-5-4-6-8-15/h4-8,11-12,19H,9-10H2,1-3H3. The lowest BCUT2D eigenvalue weighted by atomic mass is 10.1. The van der Waals surface area contributed by atoms with Crippen LogP contribution in [0.2, 0.25) is 0 Å². The predicted molar refractivity (Wildman–Crippen MR) is 90.5 cm³/mol. The molecule has 0 aliphatic rings. The number of aryl methyl sites for hydroxylation is 2. The summed E-state index contributed by atoms with van der Waals surface area (Å²) >= 11 is 0. The van der Waals surface area contributed by atoms with E-state index in [9.17, 15) is 13.5 Å². The van der Waals surface area contributed by atoms with Gasteiger partial charge in [-0.05, 0) is 49.2 Å². The van der Waals surface area contributed by atoms with Crippen LogP contribution in [0.3, 0.4) is 0 Å². The van der Waals surface area contributed by atoms with Crippen molar-refractivity contribution >= 4 is 15.7 Å². The highest BCUT2D eigenvalue weighted by molar-refractivity contribution is 7.93. The van der Waals surface area contributed by atoms with E-state index >= 15 is 0 Å². The van der Waals surface area contributed by atoms with Gasteiger partial charge in [0.1, 0.15) is 5.75 Å². The molecule has 0 bridgehead atoms. The van der Waals surface area contributed by atoms with Crippen LogP contribution in [-0.4, -0.2) is 33.8 Å². The van der Waals surface area contributed by atoms with Crippen molar-refractivity contribution in [2.75, 3.05) is 24.6 Å². The summed E-state index contributed by atoms with van der Waals surface area (Å²) in [7, 11) is -2.24. The molecule has 0 spiro atoms. The van der Waals surface area contributed by atoms with Gasteiger partial charge in [-0.2, -0.15) is 0 Å². The monoisotopic (exact) mass is 335 g/mol. The van der Waals surface area contributed by atoms with Crippen LogP contribution in [0.4, 0.5) is 5.69 Å². The van der Waals surface area contributed by atoms with E-state index in [-0.39, 0.29) is 18.0 Å². The Kier molecular flexibility index (Phi) is 5.28. The van der Waals surface area contributed by atoms with E-state index < -0.39 is 10.0 Å². The Morgan fingerprint density at radius 2 is 1.65 bits per heavy atom. The molecule has 1 N–H and O–H groups in total. The molecule has 6 heteroatoms. The molecule has 2 aromatic rings. The van der Waals surface area contributed by atoms with Crippen LogP contribution in [0.25, 0.3) is 0 Å². The molecular formula is C17H21NO4S. The van der Waals surface area contributed by atoms with Gasteiger partial charge in [0, 0.05) is 0 Å². The van der Waals surface area contributed by atoms with Gasteiger partial charge in [0.05, 0.1) is 30.8 Å². The minimum Gasteiger partial charge on any atom is -0.497 e. The van der Waals surface area contributed by atoms with Crippen molar-refractivity contribution in [3.8, 4) is 5.75 Å². The highest BCUT2D eigenvalue weighted by Gasteiger charge is 2.28. The Morgan fingerprint density at radius 1 is 1.09 bits per heavy atom. The van der Waals surface area contributed by atoms with E-state index in [0.717, 1.165) is 0 Å². The molecule has 0 saturated heterocycles. The number of hydrogen-bond acceptors (Lipinski definition) is 4. The summed E-state index contributed by atoms with van der Waals surface area (Å²) in [5.41, 5.74) is 1.75. The number of aliphatic hydroxyl groups is 1. The largest absolute Gasteiger partial charge is 0.497 e. The molecule has 0 heterocycles. The first-order chi connectivity index (χ1) is 10.9. The third-order valence-electron chi connectivity index (χ3n) is 3.56. The minimum atomic E-state index is -3.78. The van der Waals surface area contributed by atoms with E-state index in [0.29, 0.717) is 22.6 Å². The van der Waals surface area contributed by atoms with E-state index in [4.69, 9.17) is 4.74 Å². The van der Waals surface area contributed by atoms with Gasteiger partial charge < -0.3 is 9.84 Å². The number of anilines is 1. The fourth-order valence-electron chi connectivity index (χ4n) is 2.62. The topological polar surface area (TPSA) is 66.8 Å². The van der Waals surface area contributed by atoms with Gasteiger partial charge in [-0.25, -0.2) is 8.42 Å². The zero-order valence-electron chi connectivity index (χ0n) is 13.5. The first-order valence-corrected chi connectivity index (χ1v) is 8.69. The van der Waals surface area contributed by atoms with Gasteiger partial charge in [0.25, 0.3) is 10.0 Å². The van der Waals surface area contributed by atoms with Gasteiger partial charge in [-0.1, -0.05) is 18.2 Å². The fraction of sp³-hybridized carbons (Fsp3) is 0.294. The number of sulfonamides is 1. The Balaban J connectivity index is 2.59. The van der Waals surface area contributed by atoms with Crippen molar-refractivity contribution in [3.05, 3.63) is 53.6 Å². The second-order valence-corrected chi connectivity index (χ2v) is 7.03. The Labute approximate surface area is 137 Å². The number of hydrogen-bond donors (Lipinski definition) is 1. The SMILES string of the molecule is COc1cc(C)c(S(=O)(=O)N(CCO)c2ccccc2)c(C)c1. The Hall–Kier alpha value is -2.05. The molecule has 124 valence electrons. The van der Waals surface area contributed by atoms with Crippen molar-refractivity contribution in [3.63, 3.8) is 0 Å². The molecule has 0 fully saturated rings. The highest BCUT2D eigenvalue weighted by atomic mass is 32.2. The molecule has 0 aliphatic heterocycles. The van der Waals surface area contributed by atoms with Gasteiger partial charge >= 0.3 is 0 Å². The molecule has 0 aromatic heterocycles. The maximum absolute atomic E-state index is 13.1. The summed E-state index contributed by atoms with van der Waals surface area (Å²) in [6, 6.07) is 12.2. The van der Waals surface area contributed by atoms with E-state index in [2.05, 4.69) is 0 Å². The molecule has 5 nitrogen and oxygen atoms in total. The Bertz CT molecular complexity index is 749. The van der Waals surface area contributed by atoms with Crippen LogP contribution >= 0.6 is 0 Å². The third kappa shape index (κ3) is 3.48. The van der Waals surface area contributed by atoms with Crippen LogP contribution < -0.4 is 9.04 Å². The summed E-state index contributed by atoms with van der Waals surface area (Å²) in [5, 5.41) is 9.30. The number of benzene rings is 2. The predicted octanol–water partition coefficient (Wildman–Crippen LogP) is 2.50. The summed E-state index contributed by atoms with van der Waals surface area (Å²) in [4.78, 5) is 0.246. The van der Waals surface area contributed by atoms with Crippen LogP contribution in [0.15, 0.2) is 47.4 Å². The second-order valence-electron chi connectivity index (χ2n) is 5.23. The van der Waals surface area contributed by atoms with E-state index in [1.807, 2.05) is 6.07 Å². The zero-order chi connectivity index (χ0) is 17.0. The molecule has 2 rings (SSSR count). The fourth-order valence-corrected chi connectivity index (χ4v) is 4.49. The lowest BCUT2D eigenvalue weighted by molar-refractivity contribution is 0.306. The number of methoxy groups -OCH3 is 1. The molecule has 0 unspecified atom stereocenters. The number of nitrogens with zero attached hydrogens (tertiary/aromatic N) is 1. The first kappa shape index (κ1) is 17.3. The smallest absolute Gasteiger partial charge is 0.264 e. The minimum absolute atomic E-state index is 0.00272. The summed E-state index contributed by atoms with van der Waals surface area (Å²) in [6.45, 7) is 3.22. The molecular weight excluding hydrogens is 314 g/mol. The first-order valence-electron chi connectivity index (χ1n) is 7.25. The Morgan fingerprint density at radius 3 is 2.13 bits per heavy atom. The number of rotatable bonds is 6. The lowest BCUT2D eigenvalue weighted by Gasteiger charge is -2.25. The molecule has 2 aromatic carbocycles. The third-order valence-corrected chi connectivity index (χ3v) is 5.70. The zero-order valence-corrected chi connectivity index (χ0v) is 14.3. The second kappa shape index (κ2) is 7.02. The normalized spacial score (nSPS) is 11.3. The average Bonchev–Trinajstić information content (AvgIpc) is 2.52. The lowest BCUT2D eigenvalue weighted by Crippen LogP contribution is -2.34. The van der Waals surface area contributed by atoms with Crippen LogP contribution in [0.1, 0.15) is 11.1 Å². The molecule has 0 saturated carbocycles. The molecule has 0 aliphatic carbocycles. The maximum atomic E-state index is 13.1. The molecule has 0 amide bonds. The van der Waals surface area contributed by atoms with Crippen molar-refractivity contribution in [2.24, 2.45) is 0 Å². The van der Waals surface area contributed by atoms with Gasteiger partial charge in [0.15, 0.2) is 0 Å². The van der Waals surface area contributed by atoms with Gasteiger partial charge in [-0.3, -0.25) is 4.31 Å². The summed E-state index contributed by atoms with van der Waals surface area (Å²) in [6.07, 6.45) is 0. The van der Waals surface area contributed by atoms with Crippen LogP contribution in [-0.2, 0) is 10.0 Å². The van der Waals surface area contributed by atoms with Crippen molar-refractivity contribution in [1.29, 1.82) is 0 Å². The van der Waals surface area contributed by atoms with Crippen molar-refractivity contribution in [2.45, 2.75) is 18.7 Å². The van der Waals surface area contributed by atoms with Gasteiger partial charge in [0.2, 0.25) is 0 Å². The van der Waals surface area contributed by atoms with Gasteiger partial charge in [-0.15, -0.1) is 0 Å². The number of para-hydroxylation sites is 1. The quantitative estimate of drug-likeness (QED) is 0.881. The summed E-state index contributed by atoms with van der Waals surface area (Å²) < 4.78 is 32.7. The van der Waals surface area contributed by atoms with Crippen molar-refractivity contribution < 1.29 is 18.3 Å². The van der Waals surface area contributed by atoms with Crippen molar-refractivity contribution in [1.82, 2.24) is 0 Å². The maximum Gasteiger partial charge on any atom is 0.264 e. The van der Waals surface area contributed by atoms with E-state index in [1.165, 1.54) is 4.31 Å². The van der Waals surface area contributed by atoms with Crippen LogP contribution in [0, 0.1) is 13.8 Å². The molecule has 0 radical (unpaired) electrons. The average molecular weight is 335 g/mol. The van der Waals surface area contributed by atoms with E-state index in [1.54, 1.807) is 57.4 Å². The highest BCUT2D eigenvalue weighted by Crippen LogP contribution is 2.30. The van der Waals surface area contributed by atoms with Crippen LogP contribution in [0.5, 0.6) is 5.75 Å². The molecule has 23 heavy (non-hydrogen) atoms. The number of aliphatic hydroxyl groups excluding tert-OH is 1.